The lowest BCUT2D eigenvalue weighted by molar-refractivity contribution is -0.118. The number of primary amides is 1. The highest BCUT2D eigenvalue weighted by atomic mass is 32.2. The van der Waals surface area contributed by atoms with Gasteiger partial charge in [0.1, 0.15) is 11.0 Å². The lowest BCUT2D eigenvalue weighted by Gasteiger charge is -2.18. The van der Waals surface area contributed by atoms with Crippen LogP contribution in [0.3, 0.4) is 0 Å². The van der Waals surface area contributed by atoms with E-state index in [-0.39, 0.29) is 17.4 Å². The molecule has 1 heterocycles. The highest BCUT2D eigenvalue weighted by Crippen LogP contribution is 2.23. The van der Waals surface area contributed by atoms with Gasteiger partial charge < -0.3 is 16.4 Å². The second-order valence-corrected chi connectivity index (χ2v) is 7.60. The summed E-state index contributed by atoms with van der Waals surface area (Å²) in [6, 6.07) is 8.02. The summed E-state index contributed by atoms with van der Waals surface area (Å²) >= 11 is 2.80. The zero-order valence-corrected chi connectivity index (χ0v) is 16.2. The molecule has 0 bridgehead atoms. The fourth-order valence-electron chi connectivity index (χ4n) is 2.33. The maximum absolute atomic E-state index is 12.6. The van der Waals surface area contributed by atoms with Crippen molar-refractivity contribution in [2.24, 2.45) is 5.73 Å². The van der Waals surface area contributed by atoms with Crippen molar-refractivity contribution in [3.05, 3.63) is 52.4 Å². The molecule has 0 spiro atoms. The number of aryl methyl sites for hydroxylation is 1. The summed E-state index contributed by atoms with van der Waals surface area (Å²) in [6.45, 7) is 1.90. The van der Waals surface area contributed by atoms with E-state index in [1.165, 1.54) is 11.3 Å². The van der Waals surface area contributed by atoms with Gasteiger partial charge in [-0.15, -0.1) is 11.3 Å². The maximum atomic E-state index is 12.6. The van der Waals surface area contributed by atoms with E-state index in [9.17, 15) is 14.4 Å². The number of carbonyl (C=O) groups excluding carboxylic acids is 3. The van der Waals surface area contributed by atoms with Gasteiger partial charge in [-0.1, -0.05) is 17.7 Å². The van der Waals surface area contributed by atoms with Gasteiger partial charge in [0.2, 0.25) is 5.91 Å². The van der Waals surface area contributed by atoms with Crippen LogP contribution in [0, 0.1) is 6.92 Å². The van der Waals surface area contributed by atoms with E-state index in [1.807, 2.05) is 19.2 Å². The van der Waals surface area contributed by atoms with E-state index in [1.54, 1.807) is 41.4 Å². The normalized spacial score (nSPS) is 11.6. The number of hydrogen-bond acceptors (Lipinski definition) is 5. The molecule has 0 aliphatic carbocycles. The predicted octanol–water partition coefficient (Wildman–Crippen LogP) is 2.65. The number of carbonyl (C=O) groups is 3. The van der Waals surface area contributed by atoms with Crippen LogP contribution in [0.15, 0.2) is 35.7 Å². The molecule has 138 valence electrons. The van der Waals surface area contributed by atoms with Crippen LogP contribution in [0.4, 0.5) is 5.00 Å². The molecule has 0 radical (unpaired) electrons. The number of hydrogen-bond donors (Lipinski definition) is 3. The van der Waals surface area contributed by atoms with E-state index >= 15 is 0 Å². The van der Waals surface area contributed by atoms with Gasteiger partial charge in [0, 0.05) is 5.56 Å². The van der Waals surface area contributed by atoms with Gasteiger partial charge in [-0.3, -0.25) is 14.4 Å². The Morgan fingerprint density at radius 3 is 2.69 bits per heavy atom. The Morgan fingerprint density at radius 2 is 2.04 bits per heavy atom. The summed E-state index contributed by atoms with van der Waals surface area (Å²) in [7, 11) is 0. The number of nitrogens with one attached hydrogen (secondary N) is 2. The first-order valence-electron chi connectivity index (χ1n) is 7.97. The Bertz CT molecular complexity index is 804. The molecule has 3 amide bonds. The molecule has 8 heteroatoms. The van der Waals surface area contributed by atoms with Gasteiger partial charge >= 0.3 is 0 Å². The Morgan fingerprint density at radius 1 is 1.27 bits per heavy atom. The molecule has 1 aromatic carbocycles. The van der Waals surface area contributed by atoms with E-state index in [0.717, 1.165) is 5.56 Å². The molecule has 0 aliphatic rings. The van der Waals surface area contributed by atoms with Crippen LogP contribution >= 0.6 is 23.1 Å². The quantitative estimate of drug-likeness (QED) is 0.644. The molecule has 0 unspecified atom stereocenters. The number of amides is 3. The second-order valence-electron chi connectivity index (χ2n) is 5.69. The van der Waals surface area contributed by atoms with Crippen LogP contribution in [0.25, 0.3) is 0 Å². The molecule has 0 fully saturated rings. The molecule has 26 heavy (non-hydrogen) atoms. The number of benzene rings is 1. The van der Waals surface area contributed by atoms with Crippen molar-refractivity contribution < 1.29 is 14.4 Å². The minimum atomic E-state index is -0.710. The number of anilines is 1. The monoisotopic (exact) mass is 391 g/mol. The van der Waals surface area contributed by atoms with Crippen LogP contribution in [0.2, 0.25) is 0 Å². The van der Waals surface area contributed by atoms with Crippen LogP contribution in [0.1, 0.15) is 32.7 Å². The van der Waals surface area contributed by atoms with Gasteiger partial charge in [-0.25, -0.2) is 0 Å². The van der Waals surface area contributed by atoms with E-state index in [0.29, 0.717) is 22.7 Å². The lowest BCUT2D eigenvalue weighted by Crippen LogP contribution is -2.44. The van der Waals surface area contributed by atoms with Crippen molar-refractivity contribution in [1.29, 1.82) is 0 Å². The van der Waals surface area contributed by atoms with Crippen molar-refractivity contribution in [1.82, 2.24) is 5.32 Å². The fourth-order valence-corrected chi connectivity index (χ4v) is 3.60. The molecule has 2 rings (SSSR count). The SMILES string of the molecule is CSCC[C@H](NC(=O)c1cccc(C)c1)C(=O)Nc1sccc1C(N)=O. The number of nitrogens with two attached hydrogens (primary N) is 1. The third-order valence-corrected chi connectivity index (χ3v) is 5.15. The standard InChI is InChI=1S/C18H21N3O3S2/c1-11-4-3-5-12(10-11)16(23)20-14(7-8-25-2)17(24)21-18-13(15(19)22)6-9-26-18/h3-6,9-10,14H,7-8H2,1-2H3,(H2,19,22)(H,20,23)(H,21,24)/t14-/m0/s1. The highest BCUT2D eigenvalue weighted by molar-refractivity contribution is 7.98. The first kappa shape index (κ1) is 20.0. The minimum absolute atomic E-state index is 0.261. The Hall–Kier alpha value is -2.32. The Balaban J connectivity index is 2.12. The van der Waals surface area contributed by atoms with Gasteiger partial charge in [-0.05, 0) is 48.9 Å². The lowest BCUT2D eigenvalue weighted by atomic mass is 10.1. The van der Waals surface area contributed by atoms with E-state index in [2.05, 4.69) is 10.6 Å². The van der Waals surface area contributed by atoms with Crippen molar-refractivity contribution in [3.8, 4) is 0 Å². The summed E-state index contributed by atoms with van der Waals surface area (Å²) < 4.78 is 0. The molecule has 4 N–H and O–H groups in total. The molecule has 0 saturated carbocycles. The number of rotatable bonds is 8. The molecule has 1 atom stereocenters. The Kier molecular flexibility index (Phi) is 7.23. The van der Waals surface area contributed by atoms with Crippen molar-refractivity contribution >= 4 is 45.8 Å². The average molecular weight is 392 g/mol. The van der Waals surface area contributed by atoms with Crippen LogP contribution in [-0.2, 0) is 4.79 Å². The molecule has 0 aliphatic heterocycles. The molecule has 6 nitrogen and oxygen atoms in total. The second kappa shape index (κ2) is 9.40. The van der Waals surface area contributed by atoms with Crippen molar-refractivity contribution in [2.75, 3.05) is 17.3 Å². The summed E-state index contributed by atoms with van der Waals surface area (Å²) in [5.74, 6) is -0.577. The third-order valence-electron chi connectivity index (χ3n) is 3.68. The molecular weight excluding hydrogens is 370 g/mol. The first-order valence-corrected chi connectivity index (χ1v) is 10.2. The largest absolute Gasteiger partial charge is 0.366 e. The smallest absolute Gasteiger partial charge is 0.251 e. The molecule has 0 saturated heterocycles. The van der Waals surface area contributed by atoms with Crippen molar-refractivity contribution in [3.63, 3.8) is 0 Å². The molecule has 2 aromatic rings. The van der Waals surface area contributed by atoms with Gasteiger partial charge in [0.05, 0.1) is 5.56 Å². The van der Waals surface area contributed by atoms with Crippen LogP contribution in [0.5, 0.6) is 0 Å². The van der Waals surface area contributed by atoms with E-state index in [4.69, 9.17) is 5.73 Å². The maximum Gasteiger partial charge on any atom is 0.251 e. The summed E-state index contributed by atoms with van der Waals surface area (Å²) in [4.78, 5) is 36.5. The van der Waals surface area contributed by atoms with E-state index < -0.39 is 11.9 Å². The average Bonchev–Trinajstić information content (AvgIpc) is 3.06. The fraction of sp³-hybridized carbons (Fsp3) is 0.278. The highest BCUT2D eigenvalue weighted by Gasteiger charge is 2.23. The van der Waals surface area contributed by atoms with Crippen LogP contribution < -0.4 is 16.4 Å². The van der Waals surface area contributed by atoms with Gasteiger partial charge in [0.25, 0.3) is 11.8 Å². The summed E-state index contributed by atoms with van der Waals surface area (Å²) in [6.07, 6.45) is 2.41. The molecular formula is C18H21N3O3S2. The first-order chi connectivity index (χ1) is 12.4. The van der Waals surface area contributed by atoms with Crippen LogP contribution in [-0.4, -0.2) is 35.8 Å². The van der Waals surface area contributed by atoms with Gasteiger partial charge in [0.15, 0.2) is 0 Å². The van der Waals surface area contributed by atoms with Gasteiger partial charge in [-0.2, -0.15) is 11.8 Å². The Labute approximate surface area is 160 Å². The number of thioether (sulfide) groups is 1. The summed E-state index contributed by atoms with van der Waals surface area (Å²) in [5.41, 5.74) is 7.03. The zero-order chi connectivity index (χ0) is 19.1. The van der Waals surface area contributed by atoms with Crippen molar-refractivity contribution in [2.45, 2.75) is 19.4 Å². The number of thiophene rings is 1. The topological polar surface area (TPSA) is 101 Å². The predicted molar refractivity (Wildman–Crippen MR) is 107 cm³/mol. The summed E-state index contributed by atoms with van der Waals surface area (Å²) in [5, 5.41) is 7.55. The molecule has 1 aromatic heterocycles. The minimum Gasteiger partial charge on any atom is -0.366 e. The zero-order valence-electron chi connectivity index (χ0n) is 14.6. The third kappa shape index (κ3) is 5.34.